The quantitative estimate of drug-likeness (QED) is 0.841. The van der Waals surface area contributed by atoms with Gasteiger partial charge in [-0.3, -0.25) is 4.79 Å². The zero-order valence-corrected chi connectivity index (χ0v) is 10.5. The summed E-state index contributed by atoms with van der Waals surface area (Å²) in [6.07, 6.45) is -3.69. The molecule has 0 fully saturated rings. The largest absolute Gasteiger partial charge is 0.416 e. The molecule has 18 heavy (non-hydrogen) atoms. The predicted octanol–water partition coefficient (Wildman–Crippen LogP) is 3.45. The number of alkyl halides is 4. The van der Waals surface area contributed by atoms with Crippen LogP contribution in [0.25, 0.3) is 0 Å². The first kappa shape index (κ1) is 14.8. The average Bonchev–Trinajstić information content (AvgIpc) is 2.34. The van der Waals surface area contributed by atoms with Gasteiger partial charge in [-0.25, -0.2) is 0 Å². The van der Waals surface area contributed by atoms with Crippen LogP contribution in [0.1, 0.15) is 29.3 Å². The molecule has 0 saturated carbocycles. The summed E-state index contributed by atoms with van der Waals surface area (Å²) < 4.78 is 36.9. The fourth-order valence-corrected chi connectivity index (χ4v) is 1.34. The van der Waals surface area contributed by atoms with E-state index in [1.165, 1.54) is 0 Å². The number of hydrogen-bond acceptors (Lipinski definition) is 1. The van der Waals surface area contributed by atoms with E-state index in [0.717, 1.165) is 24.3 Å². The van der Waals surface area contributed by atoms with Crippen LogP contribution in [-0.4, -0.2) is 17.8 Å². The van der Waals surface area contributed by atoms with Crippen molar-refractivity contribution in [1.82, 2.24) is 5.32 Å². The summed E-state index contributed by atoms with van der Waals surface area (Å²) in [7, 11) is 0. The van der Waals surface area contributed by atoms with Gasteiger partial charge in [0.1, 0.15) is 0 Å². The van der Waals surface area contributed by atoms with Crippen LogP contribution in [0.3, 0.4) is 0 Å². The summed E-state index contributed by atoms with van der Waals surface area (Å²) in [4.78, 5) is 11.6. The fraction of sp³-hybridized carbons (Fsp3) is 0.417. The smallest absolute Gasteiger partial charge is 0.351 e. The van der Waals surface area contributed by atoms with E-state index < -0.39 is 17.6 Å². The van der Waals surface area contributed by atoms with Gasteiger partial charge in [-0.2, -0.15) is 13.2 Å². The third-order valence-electron chi connectivity index (χ3n) is 2.40. The third-order valence-corrected chi connectivity index (χ3v) is 2.86. The monoisotopic (exact) mass is 279 g/mol. The number of carbonyl (C=O) groups is 1. The molecule has 1 rings (SSSR count). The molecule has 1 N–H and O–H groups in total. The SMILES string of the molecule is CCC(Cl)CNC(=O)c1ccc(C(F)(F)F)cc1. The molecule has 1 unspecified atom stereocenters. The normalized spacial score (nSPS) is 13.2. The minimum absolute atomic E-state index is 0.177. The number of carbonyl (C=O) groups excluding carboxylic acids is 1. The minimum Gasteiger partial charge on any atom is -0.351 e. The molecule has 0 saturated heterocycles. The highest BCUT2D eigenvalue weighted by Crippen LogP contribution is 2.29. The Morgan fingerprint density at radius 3 is 2.33 bits per heavy atom. The van der Waals surface area contributed by atoms with Crippen LogP contribution in [0.5, 0.6) is 0 Å². The number of benzene rings is 1. The maximum absolute atomic E-state index is 12.3. The summed E-state index contributed by atoms with van der Waals surface area (Å²) in [6, 6.07) is 4.06. The van der Waals surface area contributed by atoms with E-state index in [9.17, 15) is 18.0 Å². The molecule has 0 aliphatic heterocycles. The van der Waals surface area contributed by atoms with Crippen LogP contribution < -0.4 is 5.32 Å². The molecular formula is C12H13ClF3NO. The van der Waals surface area contributed by atoms with E-state index >= 15 is 0 Å². The first-order chi connectivity index (χ1) is 8.34. The molecule has 2 nitrogen and oxygen atoms in total. The Balaban J connectivity index is 2.65. The van der Waals surface area contributed by atoms with Crippen LogP contribution in [0.4, 0.5) is 13.2 Å². The lowest BCUT2D eigenvalue weighted by Crippen LogP contribution is -2.29. The van der Waals surface area contributed by atoms with Gasteiger partial charge in [0.15, 0.2) is 0 Å². The van der Waals surface area contributed by atoms with Crippen LogP contribution in [-0.2, 0) is 6.18 Å². The van der Waals surface area contributed by atoms with Crippen molar-refractivity contribution in [3.8, 4) is 0 Å². The highest BCUT2D eigenvalue weighted by atomic mass is 35.5. The van der Waals surface area contributed by atoms with Crippen LogP contribution in [0.2, 0.25) is 0 Å². The van der Waals surface area contributed by atoms with Crippen molar-refractivity contribution in [2.75, 3.05) is 6.54 Å². The zero-order valence-electron chi connectivity index (χ0n) is 9.72. The molecule has 0 aromatic heterocycles. The van der Waals surface area contributed by atoms with Gasteiger partial charge in [-0.05, 0) is 30.7 Å². The molecule has 1 atom stereocenters. The lowest BCUT2D eigenvalue weighted by atomic mass is 10.1. The topological polar surface area (TPSA) is 29.1 Å². The number of halogens is 4. The lowest BCUT2D eigenvalue weighted by Gasteiger charge is -2.10. The van der Waals surface area contributed by atoms with Crippen LogP contribution in [0.15, 0.2) is 24.3 Å². The summed E-state index contributed by atoms with van der Waals surface area (Å²) in [6.45, 7) is 2.17. The zero-order chi connectivity index (χ0) is 13.8. The summed E-state index contributed by atoms with van der Waals surface area (Å²) in [5.41, 5.74) is -0.592. The van der Waals surface area contributed by atoms with Gasteiger partial charge in [-0.15, -0.1) is 11.6 Å². The lowest BCUT2D eigenvalue weighted by molar-refractivity contribution is -0.137. The maximum Gasteiger partial charge on any atom is 0.416 e. The van der Waals surface area contributed by atoms with Crippen molar-refractivity contribution >= 4 is 17.5 Å². The minimum atomic E-state index is -4.39. The van der Waals surface area contributed by atoms with Gasteiger partial charge in [0.2, 0.25) is 0 Å². The first-order valence-electron chi connectivity index (χ1n) is 5.44. The Hall–Kier alpha value is -1.23. The average molecular weight is 280 g/mol. The Labute approximate surface area is 108 Å². The van der Waals surface area contributed by atoms with Gasteiger partial charge in [0, 0.05) is 12.1 Å². The molecule has 0 aliphatic rings. The highest BCUT2D eigenvalue weighted by Gasteiger charge is 2.30. The Morgan fingerprint density at radius 2 is 1.89 bits per heavy atom. The van der Waals surface area contributed by atoms with E-state index in [4.69, 9.17) is 11.6 Å². The Kier molecular flexibility index (Phi) is 5.02. The number of nitrogens with one attached hydrogen (secondary N) is 1. The van der Waals surface area contributed by atoms with Crippen molar-refractivity contribution in [2.24, 2.45) is 0 Å². The first-order valence-corrected chi connectivity index (χ1v) is 5.87. The molecule has 0 radical (unpaired) electrons. The molecule has 1 aromatic rings. The van der Waals surface area contributed by atoms with Crippen molar-refractivity contribution in [3.05, 3.63) is 35.4 Å². The predicted molar refractivity (Wildman–Crippen MR) is 63.7 cm³/mol. The summed E-state index contributed by atoms with van der Waals surface area (Å²) >= 11 is 5.82. The van der Waals surface area contributed by atoms with E-state index in [2.05, 4.69) is 5.32 Å². The van der Waals surface area contributed by atoms with Gasteiger partial charge in [0.25, 0.3) is 5.91 Å². The fourth-order valence-electron chi connectivity index (χ4n) is 1.26. The van der Waals surface area contributed by atoms with Crippen LogP contribution in [0, 0.1) is 0 Å². The van der Waals surface area contributed by atoms with Crippen molar-refractivity contribution in [3.63, 3.8) is 0 Å². The molecule has 0 bridgehead atoms. The molecule has 0 heterocycles. The van der Waals surface area contributed by atoms with Crippen molar-refractivity contribution in [2.45, 2.75) is 24.9 Å². The molecule has 6 heteroatoms. The second-order valence-electron chi connectivity index (χ2n) is 3.79. The maximum atomic E-state index is 12.3. The second kappa shape index (κ2) is 6.09. The summed E-state index contributed by atoms with van der Waals surface area (Å²) in [5.74, 6) is -0.428. The van der Waals surface area contributed by atoms with Gasteiger partial charge >= 0.3 is 6.18 Å². The van der Waals surface area contributed by atoms with Crippen molar-refractivity contribution < 1.29 is 18.0 Å². The molecular weight excluding hydrogens is 267 g/mol. The molecule has 1 amide bonds. The Morgan fingerprint density at radius 1 is 1.33 bits per heavy atom. The van der Waals surface area contributed by atoms with Gasteiger partial charge in [0.05, 0.1) is 10.9 Å². The van der Waals surface area contributed by atoms with Gasteiger partial charge in [-0.1, -0.05) is 6.92 Å². The standard InChI is InChI=1S/C12H13ClF3NO/c1-2-10(13)7-17-11(18)8-3-5-9(6-4-8)12(14,15)16/h3-6,10H,2,7H2,1H3,(H,17,18). The highest BCUT2D eigenvalue weighted by molar-refractivity contribution is 6.20. The van der Waals surface area contributed by atoms with E-state index in [1.54, 1.807) is 0 Å². The molecule has 1 aromatic carbocycles. The van der Waals surface area contributed by atoms with E-state index in [1.807, 2.05) is 6.92 Å². The van der Waals surface area contributed by atoms with Crippen molar-refractivity contribution in [1.29, 1.82) is 0 Å². The number of rotatable bonds is 4. The second-order valence-corrected chi connectivity index (χ2v) is 4.41. The van der Waals surface area contributed by atoms with E-state index in [0.29, 0.717) is 6.42 Å². The third kappa shape index (κ3) is 4.22. The number of hydrogen-bond donors (Lipinski definition) is 1. The molecule has 0 aliphatic carbocycles. The van der Waals surface area contributed by atoms with Gasteiger partial charge < -0.3 is 5.32 Å². The molecule has 0 spiro atoms. The summed E-state index contributed by atoms with van der Waals surface area (Å²) in [5, 5.41) is 2.38. The van der Waals surface area contributed by atoms with E-state index in [-0.39, 0.29) is 17.5 Å². The molecule has 100 valence electrons. The van der Waals surface area contributed by atoms with Crippen LogP contribution >= 0.6 is 11.6 Å². The Bertz CT molecular complexity index is 403. The number of amides is 1.